The number of hydrogen-bond donors (Lipinski definition) is 1. The number of carboxylic acids is 1. The minimum Gasteiger partial charge on any atom is -0.481 e. The van der Waals surface area contributed by atoms with Gasteiger partial charge in [-0.3, -0.25) is 4.79 Å². The van der Waals surface area contributed by atoms with Crippen LogP contribution in [0.5, 0.6) is 0 Å². The molecular formula is C32H24ClNO2S. The van der Waals surface area contributed by atoms with Gasteiger partial charge in [-0.25, -0.2) is 0 Å². The maximum absolute atomic E-state index is 12.8. The summed E-state index contributed by atoms with van der Waals surface area (Å²) >= 11 is 8.07. The second-order valence-corrected chi connectivity index (χ2v) is 10.6. The smallest absolute Gasteiger partial charge is 0.311 e. The van der Waals surface area contributed by atoms with Gasteiger partial charge in [0.1, 0.15) is 0 Å². The average molecular weight is 522 g/mol. The molecule has 182 valence electrons. The van der Waals surface area contributed by atoms with Gasteiger partial charge in [0.15, 0.2) is 0 Å². The molecule has 0 bridgehead atoms. The van der Waals surface area contributed by atoms with Crippen molar-refractivity contribution in [3.05, 3.63) is 130 Å². The molecule has 37 heavy (non-hydrogen) atoms. The molecule has 0 saturated carbocycles. The third kappa shape index (κ3) is 4.43. The Morgan fingerprint density at radius 3 is 2.32 bits per heavy atom. The fourth-order valence-electron chi connectivity index (χ4n) is 5.26. The number of carbonyl (C=O) groups is 1. The SMILES string of the molecule is O=C(O)C(Cc1ccccc1)c1c(-c2ccccc2)n(Cc2csc3ccc(Cl)cc23)c2ccccc12. The number of nitrogens with zero attached hydrogens (tertiary/aromatic N) is 1. The first-order valence-corrected chi connectivity index (χ1v) is 13.4. The number of fused-ring (bicyclic) bond motifs is 2. The van der Waals surface area contributed by atoms with Crippen molar-refractivity contribution >= 4 is 49.9 Å². The highest BCUT2D eigenvalue weighted by atomic mass is 35.5. The van der Waals surface area contributed by atoms with Crippen molar-refractivity contribution in [2.75, 3.05) is 0 Å². The third-order valence-corrected chi connectivity index (χ3v) is 8.18. The molecule has 0 aliphatic carbocycles. The van der Waals surface area contributed by atoms with Crippen LogP contribution in [0.15, 0.2) is 109 Å². The van der Waals surface area contributed by atoms with E-state index in [4.69, 9.17) is 11.6 Å². The van der Waals surface area contributed by atoms with Crippen molar-refractivity contribution in [1.29, 1.82) is 0 Å². The molecule has 5 heteroatoms. The Kier molecular flexibility index (Phi) is 6.29. The lowest BCUT2D eigenvalue weighted by atomic mass is 9.88. The van der Waals surface area contributed by atoms with E-state index in [1.807, 2.05) is 72.8 Å². The van der Waals surface area contributed by atoms with Crippen LogP contribution in [-0.4, -0.2) is 15.6 Å². The summed E-state index contributed by atoms with van der Waals surface area (Å²) in [6, 6.07) is 34.2. The molecule has 0 fully saturated rings. The van der Waals surface area contributed by atoms with Gasteiger partial charge in [-0.05, 0) is 58.1 Å². The van der Waals surface area contributed by atoms with Gasteiger partial charge < -0.3 is 9.67 Å². The van der Waals surface area contributed by atoms with Gasteiger partial charge in [0, 0.05) is 32.7 Å². The van der Waals surface area contributed by atoms with Gasteiger partial charge in [0.25, 0.3) is 0 Å². The molecule has 0 radical (unpaired) electrons. The molecule has 0 spiro atoms. The molecule has 0 aliphatic heterocycles. The van der Waals surface area contributed by atoms with E-state index in [1.165, 1.54) is 10.3 Å². The number of hydrogen-bond acceptors (Lipinski definition) is 2. The zero-order valence-corrected chi connectivity index (χ0v) is 21.5. The lowest BCUT2D eigenvalue weighted by Crippen LogP contribution is -2.16. The predicted octanol–water partition coefficient (Wildman–Crippen LogP) is 8.64. The minimum atomic E-state index is -0.822. The Balaban J connectivity index is 1.61. The summed E-state index contributed by atoms with van der Waals surface area (Å²) in [6.07, 6.45) is 0.418. The molecule has 3 nitrogen and oxygen atoms in total. The molecule has 6 aromatic rings. The van der Waals surface area contributed by atoms with E-state index in [1.54, 1.807) is 11.3 Å². The second kappa shape index (κ2) is 9.89. The first-order chi connectivity index (χ1) is 18.1. The molecular weight excluding hydrogens is 498 g/mol. The summed E-state index contributed by atoms with van der Waals surface area (Å²) in [5, 5.41) is 15.5. The van der Waals surface area contributed by atoms with Crippen LogP contribution in [0.1, 0.15) is 22.6 Å². The molecule has 2 aromatic heterocycles. The number of thiophene rings is 1. The van der Waals surface area contributed by atoms with Crippen molar-refractivity contribution < 1.29 is 9.90 Å². The average Bonchev–Trinajstić information content (AvgIpc) is 3.47. The summed E-state index contributed by atoms with van der Waals surface area (Å²) in [5.74, 6) is -1.52. The van der Waals surface area contributed by atoms with Crippen LogP contribution in [0.2, 0.25) is 5.02 Å². The Hall–Kier alpha value is -3.86. The lowest BCUT2D eigenvalue weighted by molar-refractivity contribution is -0.138. The highest BCUT2D eigenvalue weighted by molar-refractivity contribution is 7.17. The quantitative estimate of drug-likeness (QED) is 0.228. The predicted molar refractivity (Wildman–Crippen MR) is 154 cm³/mol. The van der Waals surface area contributed by atoms with Crippen molar-refractivity contribution in [1.82, 2.24) is 4.57 Å². The molecule has 1 unspecified atom stereocenters. The fourth-order valence-corrected chi connectivity index (χ4v) is 6.37. The number of benzene rings is 4. The molecule has 6 rings (SSSR count). The van der Waals surface area contributed by atoms with Crippen molar-refractivity contribution in [2.45, 2.75) is 18.9 Å². The number of para-hydroxylation sites is 1. The Bertz CT molecular complexity index is 1720. The fraction of sp³-hybridized carbons (Fsp3) is 0.0938. The number of aromatic nitrogens is 1. The summed E-state index contributed by atoms with van der Waals surface area (Å²) in [5.41, 5.74) is 6.01. The molecule has 1 atom stereocenters. The van der Waals surface area contributed by atoms with Crippen LogP contribution in [0.4, 0.5) is 0 Å². The van der Waals surface area contributed by atoms with E-state index in [-0.39, 0.29) is 0 Å². The van der Waals surface area contributed by atoms with E-state index >= 15 is 0 Å². The highest BCUT2D eigenvalue weighted by Gasteiger charge is 2.30. The van der Waals surface area contributed by atoms with Crippen LogP contribution in [-0.2, 0) is 17.8 Å². The van der Waals surface area contributed by atoms with Gasteiger partial charge in [0.2, 0.25) is 0 Å². The number of halogens is 1. The van der Waals surface area contributed by atoms with E-state index in [9.17, 15) is 9.90 Å². The Morgan fingerprint density at radius 1 is 0.865 bits per heavy atom. The van der Waals surface area contributed by atoms with Crippen molar-refractivity contribution in [3.8, 4) is 11.3 Å². The Morgan fingerprint density at radius 2 is 1.57 bits per heavy atom. The van der Waals surface area contributed by atoms with Crippen LogP contribution in [0.3, 0.4) is 0 Å². The van der Waals surface area contributed by atoms with E-state index in [0.29, 0.717) is 18.0 Å². The maximum atomic E-state index is 12.8. The van der Waals surface area contributed by atoms with Gasteiger partial charge in [-0.1, -0.05) is 90.5 Å². The topological polar surface area (TPSA) is 42.2 Å². The van der Waals surface area contributed by atoms with Gasteiger partial charge >= 0.3 is 5.97 Å². The largest absolute Gasteiger partial charge is 0.481 e. The van der Waals surface area contributed by atoms with Gasteiger partial charge in [-0.15, -0.1) is 11.3 Å². The van der Waals surface area contributed by atoms with Crippen molar-refractivity contribution in [3.63, 3.8) is 0 Å². The highest BCUT2D eigenvalue weighted by Crippen LogP contribution is 2.41. The molecule has 0 amide bonds. The first kappa shape index (κ1) is 23.5. The third-order valence-electron chi connectivity index (χ3n) is 6.93. The first-order valence-electron chi connectivity index (χ1n) is 12.2. The van der Waals surface area contributed by atoms with Gasteiger partial charge in [-0.2, -0.15) is 0 Å². The zero-order chi connectivity index (χ0) is 25.4. The minimum absolute atomic E-state index is 0.418. The van der Waals surface area contributed by atoms with Crippen molar-refractivity contribution in [2.24, 2.45) is 0 Å². The van der Waals surface area contributed by atoms with E-state index < -0.39 is 11.9 Å². The Labute approximate surface area is 224 Å². The lowest BCUT2D eigenvalue weighted by Gasteiger charge is -2.17. The molecule has 0 saturated heterocycles. The second-order valence-electron chi connectivity index (χ2n) is 9.21. The van der Waals surface area contributed by atoms with E-state index in [2.05, 4.69) is 40.3 Å². The van der Waals surface area contributed by atoms with Crippen LogP contribution in [0, 0.1) is 0 Å². The summed E-state index contributed by atoms with van der Waals surface area (Å²) in [7, 11) is 0. The van der Waals surface area contributed by atoms with Crippen LogP contribution < -0.4 is 0 Å². The molecule has 4 aromatic carbocycles. The standard InChI is InChI=1S/C32H24ClNO2S/c33-24-15-16-29-26(18-24)23(20-37-29)19-34-28-14-8-7-13-25(28)30(31(34)22-11-5-2-6-12-22)27(32(35)36)17-21-9-3-1-4-10-21/h1-16,18,20,27H,17,19H2,(H,35,36). The van der Waals surface area contributed by atoms with E-state index in [0.717, 1.165) is 38.7 Å². The zero-order valence-electron chi connectivity index (χ0n) is 20.0. The monoisotopic (exact) mass is 521 g/mol. The number of carboxylic acid groups (broad SMARTS) is 1. The summed E-state index contributed by atoms with van der Waals surface area (Å²) < 4.78 is 3.47. The normalized spacial score (nSPS) is 12.2. The van der Waals surface area contributed by atoms with Gasteiger partial charge in [0.05, 0.1) is 11.6 Å². The summed E-state index contributed by atoms with van der Waals surface area (Å²) in [4.78, 5) is 12.8. The van der Waals surface area contributed by atoms with Crippen LogP contribution in [0.25, 0.3) is 32.2 Å². The number of rotatable bonds is 7. The maximum Gasteiger partial charge on any atom is 0.311 e. The number of aliphatic carboxylic acids is 1. The molecule has 0 aliphatic rings. The van der Waals surface area contributed by atoms with Crippen LogP contribution >= 0.6 is 22.9 Å². The summed E-state index contributed by atoms with van der Waals surface area (Å²) in [6.45, 7) is 0.614. The molecule has 1 N–H and O–H groups in total. The molecule has 2 heterocycles.